The van der Waals surface area contributed by atoms with Gasteiger partial charge in [0.05, 0.1) is 11.1 Å². The molecule has 4 rings (SSSR count). The number of hydrogen-bond acceptors (Lipinski definition) is 4. The lowest BCUT2D eigenvalue weighted by Gasteiger charge is -2.34. The van der Waals surface area contributed by atoms with Gasteiger partial charge in [-0.2, -0.15) is 0 Å². The highest BCUT2D eigenvalue weighted by atomic mass is 35.5. The number of amides is 1. The Kier molecular flexibility index (Phi) is 5.74. The van der Waals surface area contributed by atoms with E-state index in [1.807, 2.05) is 59.5 Å². The molecule has 2 heterocycles. The SMILES string of the molecule is O=C(c1cccc2cccnc12)N1CCN(CCOc2ccc(Cl)cc2)CC1. The largest absolute Gasteiger partial charge is 0.492 e. The highest BCUT2D eigenvalue weighted by Gasteiger charge is 2.23. The summed E-state index contributed by atoms with van der Waals surface area (Å²) in [5, 5.41) is 1.70. The molecule has 0 bridgehead atoms. The Labute approximate surface area is 169 Å². The Morgan fingerprint density at radius 1 is 1.00 bits per heavy atom. The second-order valence-electron chi connectivity index (χ2n) is 6.82. The van der Waals surface area contributed by atoms with E-state index in [4.69, 9.17) is 16.3 Å². The van der Waals surface area contributed by atoms with E-state index >= 15 is 0 Å². The molecular formula is C22H22ClN3O2. The van der Waals surface area contributed by atoms with Crippen LogP contribution in [0.1, 0.15) is 10.4 Å². The number of carbonyl (C=O) groups is 1. The van der Waals surface area contributed by atoms with E-state index in [2.05, 4.69) is 9.88 Å². The smallest absolute Gasteiger partial charge is 0.256 e. The molecule has 1 fully saturated rings. The number of aromatic nitrogens is 1. The van der Waals surface area contributed by atoms with E-state index in [0.29, 0.717) is 30.3 Å². The van der Waals surface area contributed by atoms with Crippen LogP contribution in [0.15, 0.2) is 60.8 Å². The van der Waals surface area contributed by atoms with Gasteiger partial charge < -0.3 is 9.64 Å². The van der Waals surface area contributed by atoms with Crippen LogP contribution in [0.25, 0.3) is 10.9 Å². The lowest BCUT2D eigenvalue weighted by Crippen LogP contribution is -2.49. The van der Waals surface area contributed by atoms with Crippen LogP contribution in [0.3, 0.4) is 0 Å². The first-order valence-corrected chi connectivity index (χ1v) is 9.82. The van der Waals surface area contributed by atoms with Crippen molar-refractivity contribution in [3.05, 3.63) is 71.4 Å². The van der Waals surface area contributed by atoms with Gasteiger partial charge in [0.2, 0.25) is 0 Å². The molecule has 28 heavy (non-hydrogen) atoms. The summed E-state index contributed by atoms with van der Waals surface area (Å²) >= 11 is 5.88. The standard InChI is InChI=1S/C22H22ClN3O2/c23-18-6-8-19(9-7-18)28-16-15-25-11-13-26(14-12-25)22(27)20-5-1-3-17-4-2-10-24-21(17)20/h1-10H,11-16H2. The summed E-state index contributed by atoms with van der Waals surface area (Å²) in [6.07, 6.45) is 1.73. The minimum Gasteiger partial charge on any atom is -0.492 e. The first kappa shape index (κ1) is 18.7. The zero-order valence-electron chi connectivity index (χ0n) is 15.6. The number of carbonyl (C=O) groups excluding carboxylic acids is 1. The first-order valence-electron chi connectivity index (χ1n) is 9.44. The predicted molar refractivity (Wildman–Crippen MR) is 111 cm³/mol. The van der Waals surface area contributed by atoms with Crippen molar-refractivity contribution in [2.45, 2.75) is 0 Å². The fourth-order valence-corrected chi connectivity index (χ4v) is 3.57. The van der Waals surface area contributed by atoms with E-state index in [0.717, 1.165) is 36.3 Å². The number of benzene rings is 2. The van der Waals surface area contributed by atoms with Crippen molar-refractivity contribution in [2.75, 3.05) is 39.3 Å². The second-order valence-corrected chi connectivity index (χ2v) is 7.25. The molecule has 0 atom stereocenters. The third-order valence-electron chi connectivity index (χ3n) is 5.01. The molecule has 1 aliphatic rings. The maximum absolute atomic E-state index is 13.0. The third-order valence-corrected chi connectivity index (χ3v) is 5.26. The number of ether oxygens (including phenoxy) is 1. The minimum atomic E-state index is 0.0568. The molecule has 1 aromatic heterocycles. The highest BCUT2D eigenvalue weighted by Crippen LogP contribution is 2.19. The lowest BCUT2D eigenvalue weighted by atomic mass is 10.1. The van der Waals surface area contributed by atoms with Gasteiger partial charge in [-0.05, 0) is 36.4 Å². The molecule has 0 N–H and O–H groups in total. The third kappa shape index (κ3) is 4.26. The van der Waals surface area contributed by atoms with Crippen molar-refractivity contribution in [2.24, 2.45) is 0 Å². The summed E-state index contributed by atoms with van der Waals surface area (Å²) in [5.74, 6) is 0.878. The molecule has 3 aromatic rings. The van der Waals surface area contributed by atoms with Gasteiger partial charge >= 0.3 is 0 Å². The molecule has 5 nitrogen and oxygen atoms in total. The summed E-state index contributed by atoms with van der Waals surface area (Å²) in [5.41, 5.74) is 1.45. The number of piperazine rings is 1. The average molecular weight is 396 g/mol. The van der Waals surface area contributed by atoms with Crippen LogP contribution in [0.4, 0.5) is 0 Å². The summed E-state index contributed by atoms with van der Waals surface area (Å²) in [4.78, 5) is 21.6. The van der Waals surface area contributed by atoms with Gasteiger partial charge in [-0.1, -0.05) is 29.8 Å². The topological polar surface area (TPSA) is 45.7 Å². The van der Waals surface area contributed by atoms with Crippen molar-refractivity contribution in [3.63, 3.8) is 0 Å². The molecule has 0 spiro atoms. The fourth-order valence-electron chi connectivity index (χ4n) is 3.45. The van der Waals surface area contributed by atoms with Gasteiger partial charge in [0, 0.05) is 49.3 Å². The van der Waals surface area contributed by atoms with Crippen LogP contribution >= 0.6 is 11.6 Å². The monoisotopic (exact) mass is 395 g/mol. The highest BCUT2D eigenvalue weighted by molar-refractivity contribution is 6.30. The van der Waals surface area contributed by atoms with Gasteiger partial charge in [0.1, 0.15) is 12.4 Å². The Hall–Kier alpha value is -2.63. The Bertz CT molecular complexity index is 948. The van der Waals surface area contributed by atoms with Gasteiger partial charge in [-0.25, -0.2) is 0 Å². The van der Waals surface area contributed by atoms with Gasteiger partial charge in [0.15, 0.2) is 0 Å². The summed E-state index contributed by atoms with van der Waals surface area (Å²) < 4.78 is 5.77. The molecule has 0 unspecified atom stereocenters. The van der Waals surface area contributed by atoms with Crippen LogP contribution in [-0.2, 0) is 0 Å². The molecule has 2 aromatic carbocycles. The maximum atomic E-state index is 13.0. The number of para-hydroxylation sites is 1. The maximum Gasteiger partial charge on any atom is 0.256 e. The molecule has 0 radical (unpaired) electrons. The minimum absolute atomic E-state index is 0.0568. The van der Waals surface area contributed by atoms with Crippen molar-refractivity contribution in [3.8, 4) is 5.75 Å². The molecule has 6 heteroatoms. The van der Waals surface area contributed by atoms with Gasteiger partial charge in [-0.3, -0.25) is 14.7 Å². The molecule has 1 aliphatic heterocycles. The Morgan fingerprint density at radius 2 is 1.75 bits per heavy atom. The normalized spacial score (nSPS) is 15.0. The number of halogens is 1. The zero-order chi connectivity index (χ0) is 19.3. The summed E-state index contributed by atoms with van der Waals surface area (Å²) in [6.45, 7) is 4.55. The van der Waals surface area contributed by atoms with Crippen LogP contribution in [0.2, 0.25) is 5.02 Å². The fraction of sp³-hybridized carbons (Fsp3) is 0.273. The molecule has 1 saturated heterocycles. The van der Waals surface area contributed by atoms with E-state index in [1.165, 1.54) is 0 Å². The number of pyridine rings is 1. The van der Waals surface area contributed by atoms with Crippen molar-refractivity contribution < 1.29 is 9.53 Å². The number of nitrogens with zero attached hydrogens (tertiary/aromatic N) is 3. The number of hydrogen-bond donors (Lipinski definition) is 0. The summed E-state index contributed by atoms with van der Waals surface area (Å²) in [6, 6.07) is 17.0. The summed E-state index contributed by atoms with van der Waals surface area (Å²) in [7, 11) is 0. The predicted octanol–water partition coefficient (Wildman–Crippen LogP) is 3.73. The molecule has 1 amide bonds. The van der Waals surface area contributed by atoms with Crippen LogP contribution < -0.4 is 4.74 Å². The van der Waals surface area contributed by atoms with Gasteiger partial charge in [0.25, 0.3) is 5.91 Å². The van der Waals surface area contributed by atoms with Crippen molar-refractivity contribution in [1.82, 2.24) is 14.8 Å². The van der Waals surface area contributed by atoms with Crippen molar-refractivity contribution in [1.29, 1.82) is 0 Å². The molecular weight excluding hydrogens is 374 g/mol. The van der Waals surface area contributed by atoms with E-state index in [9.17, 15) is 4.79 Å². The zero-order valence-corrected chi connectivity index (χ0v) is 16.3. The second kappa shape index (κ2) is 8.59. The van der Waals surface area contributed by atoms with Crippen LogP contribution in [0.5, 0.6) is 5.75 Å². The van der Waals surface area contributed by atoms with Crippen LogP contribution in [-0.4, -0.2) is 60.0 Å². The van der Waals surface area contributed by atoms with Crippen LogP contribution in [0, 0.1) is 0 Å². The Balaban J connectivity index is 1.30. The van der Waals surface area contributed by atoms with Crippen molar-refractivity contribution >= 4 is 28.4 Å². The van der Waals surface area contributed by atoms with E-state index < -0.39 is 0 Å². The number of rotatable bonds is 5. The molecule has 0 aliphatic carbocycles. The average Bonchev–Trinajstić information content (AvgIpc) is 2.75. The Morgan fingerprint density at radius 3 is 2.54 bits per heavy atom. The number of fused-ring (bicyclic) bond motifs is 1. The first-order chi connectivity index (χ1) is 13.7. The lowest BCUT2D eigenvalue weighted by molar-refractivity contribution is 0.0622. The quantitative estimate of drug-likeness (QED) is 0.660. The van der Waals surface area contributed by atoms with E-state index in [1.54, 1.807) is 6.20 Å². The van der Waals surface area contributed by atoms with E-state index in [-0.39, 0.29) is 5.91 Å². The molecule has 0 saturated carbocycles. The molecule has 144 valence electrons. The van der Waals surface area contributed by atoms with Gasteiger partial charge in [-0.15, -0.1) is 0 Å².